The minimum Gasteiger partial charge on any atom is -0.309 e. The Hall–Kier alpha value is -8.14. The second kappa shape index (κ2) is 12.4. The van der Waals surface area contributed by atoms with Crippen LogP contribution in [-0.2, 0) is 5.41 Å². The lowest BCUT2D eigenvalue weighted by Crippen LogP contribution is -2.27. The Kier molecular flexibility index (Phi) is 6.76. The predicted molar refractivity (Wildman–Crippen MR) is 256 cm³/mol. The van der Waals surface area contributed by atoms with Crippen LogP contribution in [0.4, 0.5) is 0 Å². The fourth-order valence-electron chi connectivity index (χ4n) is 11.5. The van der Waals surface area contributed by atoms with Gasteiger partial charge in [-0.15, -0.1) is 0 Å². The molecule has 1 spiro atoms. The fourth-order valence-corrected chi connectivity index (χ4v) is 11.5. The summed E-state index contributed by atoms with van der Waals surface area (Å²) in [6, 6.07) is 74.0. The summed E-state index contributed by atoms with van der Waals surface area (Å²) >= 11 is 0. The Morgan fingerprint density at radius 1 is 0.355 bits per heavy atom. The van der Waals surface area contributed by atoms with Gasteiger partial charge in [-0.05, 0) is 119 Å². The van der Waals surface area contributed by atoms with Gasteiger partial charge in [0, 0.05) is 34.4 Å². The van der Waals surface area contributed by atoms with Crippen LogP contribution in [0.15, 0.2) is 213 Å². The summed E-state index contributed by atoms with van der Waals surface area (Å²) < 4.78 is 2.43. The second-order valence-corrected chi connectivity index (χ2v) is 16.8. The third-order valence-corrected chi connectivity index (χ3v) is 13.9. The molecule has 0 radical (unpaired) electrons. The average Bonchev–Trinajstić information content (AvgIpc) is 3.93. The van der Waals surface area contributed by atoms with E-state index in [1.54, 1.807) is 0 Å². The van der Waals surface area contributed by atoms with Crippen LogP contribution >= 0.6 is 0 Å². The highest BCUT2D eigenvalue weighted by molar-refractivity contribution is 6.23. The van der Waals surface area contributed by atoms with Crippen LogP contribution < -0.4 is 0 Å². The van der Waals surface area contributed by atoms with Gasteiger partial charge in [-0.1, -0.05) is 164 Å². The van der Waals surface area contributed by atoms with Crippen molar-refractivity contribution in [1.82, 2.24) is 14.5 Å². The molecule has 62 heavy (non-hydrogen) atoms. The molecular formula is C59H35N3. The fraction of sp³-hybridized carbons (Fsp3) is 0.0169. The van der Waals surface area contributed by atoms with E-state index in [2.05, 4.69) is 205 Å². The van der Waals surface area contributed by atoms with E-state index in [4.69, 9.17) is 9.97 Å². The summed E-state index contributed by atoms with van der Waals surface area (Å²) in [5, 5.41) is 9.94. The van der Waals surface area contributed by atoms with Crippen molar-refractivity contribution in [2.45, 2.75) is 5.41 Å². The summed E-state index contributed by atoms with van der Waals surface area (Å²) in [6.45, 7) is 0. The van der Waals surface area contributed by atoms with Gasteiger partial charge in [0.1, 0.15) is 0 Å². The number of aromatic nitrogens is 3. The van der Waals surface area contributed by atoms with E-state index >= 15 is 0 Å². The normalized spacial score (nSPS) is 14.8. The lowest BCUT2D eigenvalue weighted by Gasteiger charge is -2.29. The molecule has 3 heteroatoms. The molecule has 0 aliphatic heterocycles. The van der Waals surface area contributed by atoms with E-state index < -0.39 is 5.41 Å². The van der Waals surface area contributed by atoms with Gasteiger partial charge in [-0.3, -0.25) is 9.97 Å². The van der Waals surface area contributed by atoms with E-state index in [0.717, 1.165) is 22.6 Å². The van der Waals surface area contributed by atoms with Crippen molar-refractivity contribution >= 4 is 54.1 Å². The molecular weight excluding hydrogens is 751 g/mol. The number of para-hydroxylation sites is 2. The third kappa shape index (κ3) is 4.29. The lowest BCUT2D eigenvalue weighted by atomic mass is 9.72. The zero-order valence-electron chi connectivity index (χ0n) is 33.5. The van der Waals surface area contributed by atoms with Crippen LogP contribution in [0.3, 0.4) is 0 Å². The van der Waals surface area contributed by atoms with E-state index in [1.165, 1.54) is 104 Å². The molecule has 1 unspecified atom stereocenters. The molecule has 10 aromatic carbocycles. The molecule has 0 amide bonds. The Balaban J connectivity index is 1.09. The highest BCUT2D eigenvalue weighted by Crippen LogP contribution is 2.63. The van der Waals surface area contributed by atoms with Gasteiger partial charge in [-0.2, -0.15) is 0 Å². The first-order chi connectivity index (χ1) is 30.8. The summed E-state index contributed by atoms with van der Waals surface area (Å²) in [5.41, 5.74) is 17.0. The SMILES string of the molecule is c1ccc(-n2c3ccccc3c3cc4c(cc32)C2(c3ccccc3-4)c3cc(-c4c5ccccc5c(-c5cccc6ccccc56)c5ccccc45)ccc3-c3nccnc32)cc1. The van der Waals surface area contributed by atoms with Gasteiger partial charge in [0.15, 0.2) is 0 Å². The third-order valence-electron chi connectivity index (χ3n) is 13.9. The van der Waals surface area contributed by atoms with Crippen molar-refractivity contribution in [2.24, 2.45) is 0 Å². The van der Waals surface area contributed by atoms with Gasteiger partial charge in [-0.25, -0.2) is 0 Å². The molecule has 0 saturated heterocycles. The first-order valence-corrected chi connectivity index (χ1v) is 21.4. The first-order valence-electron chi connectivity index (χ1n) is 21.4. The molecule has 0 N–H and O–H groups in total. The standard InChI is InChI=1S/C59H35N3/c1-2-17-38(18-3-1)62-53-28-13-11-21-41(53)49-34-48-40-20-10-12-27-50(40)59(52(48)35-54(49)62)51-33-37(29-30-47(51)57-58(59)61-32-31-60-57)55-43-22-6-8-24-45(43)56(46-25-9-7-23-44(46)55)42-26-14-16-36-15-4-5-19-39(36)42/h1-35H. The summed E-state index contributed by atoms with van der Waals surface area (Å²) in [6.07, 6.45) is 3.72. The minimum absolute atomic E-state index is 0.693. The largest absolute Gasteiger partial charge is 0.309 e. The molecule has 1 atom stereocenters. The Labute approximate surface area is 357 Å². The van der Waals surface area contributed by atoms with Crippen molar-refractivity contribution in [1.29, 1.82) is 0 Å². The molecule has 286 valence electrons. The maximum Gasteiger partial charge on any atom is 0.0937 e. The zero-order valence-corrected chi connectivity index (χ0v) is 33.5. The monoisotopic (exact) mass is 785 g/mol. The Bertz CT molecular complexity index is 3820. The van der Waals surface area contributed by atoms with Crippen molar-refractivity contribution < 1.29 is 0 Å². The van der Waals surface area contributed by atoms with E-state index in [1.807, 2.05) is 12.4 Å². The van der Waals surface area contributed by atoms with Gasteiger partial charge < -0.3 is 4.57 Å². The molecule has 14 rings (SSSR count). The van der Waals surface area contributed by atoms with Gasteiger partial charge in [0.2, 0.25) is 0 Å². The lowest BCUT2D eigenvalue weighted by molar-refractivity contribution is 0.757. The molecule has 2 heterocycles. The molecule has 2 aromatic heterocycles. The summed E-state index contributed by atoms with van der Waals surface area (Å²) in [4.78, 5) is 10.4. The maximum atomic E-state index is 5.31. The maximum absolute atomic E-state index is 5.31. The summed E-state index contributed by atoms with van der Waals surface area (Å²) in [5.74, 6) is 0. The van der Waals surface area contributed by atoms with E-state index in [9.17, 15) is 0 Å². The molecule has 2 aliphatic rings. The van der Waals surface area contributed by atoms with Crippen LogP contribution in [0.2, 0.25) is 0 Å². The van der Waals surface area contributed by atoms with Crippen LogP contribution in [0.1, 0.15) is 22.4 Å². The predicted octanol–water partition coefficient (Wildman–Crippen LogP) is 14.7. The van der Waals surface area contributed by atoms with Gasteiger partial charge >= 0.3 is 0 Å². The highest BCUT2D eigenvalue weighted by atomic mass is 15.0. The number of fused-ring (bicyclic) bond motifs is 16. The topological polar surface area (TPSA) is 30.7 Å². The van der Waals surface area contributed by atoms with Crippen LogP contribution in [-0.4, -0.2) is 14.5 Å². The van der Waals surface area contributed by atoms with Gasteiger partial charge in [0.25, 0.3) is 0 Å². The van der Waals surface area contributed by atoms with Gasteiger partial charge in [0.05, 0.1) is 27.8 Å². The summed E-state index contributed by atoms with van der Waals surface area (Å²) in [7, 11) is 0. The van der Waals surface area contributed by atoms with Crippen LogP contribution in [0.5, 0.6) is 0 Å². The molecule has 12 aromatic rings. The van der Waals surface area contributed by atoms with E-state index in [0.29, 0.717) is 0 Å². The molecule has 0 fully saturated rings. The van der Waals surface area contributed by atoms with Crippen molar-refractivity contribution in [2.75, 3.05) is 0 Å². The molecule has 3 nitrogen and oxygen atoms in total. The van der Waals surface area contributed by atoms with Crippen molar-refractivity contribution in [3.8, 4) is 50.3 Å². The Morgan fingerprint density at radius 2 is 0.968 bits per heavy atom. The van der Waals surface area contributed by atoms with Crippen molar-refractivity contribution in [3.63, 3.8) is 0 Å². The molecule has 0 bridgehead atoms. The van der Waals surface area contributed by atoms with Crippen LogP contribution in [0.25, 0.3) is 104 Å². The molecule has 0 saturated carbocycles. The van der Waals surface area contributed by atoms with E-state index in [-0.39, 0.29) is 0 Å². The second-order valence-electron chi connectivity index (χ2n) is 16.8. The number of rotatable bonds is 3. The zero-order chi connectivity index (χ0) is 40.5. The smallest absolute Gasteiger partial charge is 0.0937 e. The van der Waals surface area contributed by atoms with Crippen LogP contribution in [0, 0.1) is 0 Å². The Morgan fingerprint density at radius 3 is 1.77 bits per heavy atom. The molecule has 2 aliphatic carbocycles. The number of nitrogens with zero attached hydrogens (tertiary/aromatic N) is 3. The average molecular weight is 786 g/mol. The quantitative estimate of drug-likeness (QED) is 0.167. The number of benzene rings is 10. The highest BCUT2D eigenvalue weighted by Gasteiger charge is 2.54. The number of hydrogen-bond donors (Lipinski definition) is 0. The number of hydrogen-bond acceptors (Lipinski definition) is 2. The minimum atomic E-state index is -0.693. The van der Waals surface area contributed by atoms with Crippen molar-refractivity contribution in [3.05, 3.63) is 235 Å². The first kappa shape index (κ1) is 33.7.